The van der Waals surface area contributed by atoms with Gasteiger partial charge in [-0.3, -0.25) is 19.7 Å². The molecule has 0 saturated carbocycles. The van der Waals surface area contributed by atoms with E-state index in [0.29, 0.717) is 5.56 Å². The van der Waals surface area contributed by atoms with Crippen LogP contribution in [0.3, 0.4) is 0 Å². The Balaban J connectivity index is 1.83. The Bertz CT molecular complexity index is 1620. The first-order valence-corrected chi connectivity index (χ1v) is 10.7. The first kappa shape index (κ1) is 24.0. The van der Waals surface area contributed by atoms with Gasteiger partial charge in [-0.25, -0.2) is 9.78 Å². The van der Waals surface area contributed by atoms with Gasteiger partial charge in [-0.2, -0.15) is 0 Å². The van der Waals surface area contributed by atoms with E-state index in [0.717, 1.165) is 11.6 Å². The number of nitro groups is 1. The summed E-state index contributed by atoms with van der Waals surface area (Å²) < 4.78 is 5.26. The summed E-state index contributed by atoms with van der Waals surface area (Å²) in [5.74, 6) is -3.18. The summed E-state index contributed by atoms with van der Waals surface area (Å²) in [5.41, 5.74) is -0.742. The predicted octanol–water partition coefficient (Wildman–Crippen LogP) is 4.35. The van der Waals surface area contributed by atoms with E-state index in [-0.39, 0.29) is 28.0 Å². The molecule has 0 atom stereocenters. The van der Waals surface area contributed by atoms with Crippen molar-refractivity contribution in [2.24, 2.45) is 0 Å². The number of carbonyl (C=O) groups is 2. The van der Waals surface area contributed by atoms with E-state index in [4.69, 9.17) is 4.42 Å². The van der Waals surface area contributed by atoms with Crippen LogP contribution in [0.5, 0.6) is 0 Å². The van der Waals surface area contributed by atoms with Crippen LogP contribution in [0.1, 0.15) is 22.4 Å². The minimum Gasteiger partial charge on any atom is -0.506 e. The van der Waals surface area contributed by atoms with Gasteiger partial charge in [-0.05, 0) is 32.0 Å². The molecule has 36 heavy (non-hydrogen) atoms. The maximum Gasteiger partial charge on any atom is 0.363 e. The van der Waals surface area contributed by atoms with Crippen LogP contribution in [0.25, 0.3) is 22.4 Å². The minimum absolute atomic E-state index is 0.0154. The van der Waals surface area contributed by atoms with Crippen molar-refractivity contribution in [2.45, 2.75) is 13.8 Å². The van der Waals surface area contributed by atoms with E-state index in [1.807, 2.05) is 6.92 Å². The van der Waals surface area contributed by atoms with Crippen molar-refractivity contribution in [1.29, 1.82) is 0 Å². The lowest BCUT2D eigenvalue weighted by Crippen LogP contribution is -2.27. The molecule has 2 N–H and O–H groups in total. The number of amides is 1. The molecule has 4 rings (SSSR count). The SMILES string of the molecule is Cc1ccc(C(O)=C(C(=O)C(=O)Nc2ccc(C)c([N+](=O)[O-])c2)c2nc3ccccc3oc2=O)cc1. The Labute approximate surface area is 203 Å². The van der Waals surface area contributed by atoms with Crippen molar-refractivity contribution in [1.82, 2.24) is 4.98 Å². The number of aryl methyl sites for hydroxylation is 2. The number of aromatic nitrogens is 1. The molecule has 1 amide bonds. The average Bonchev–Trinajstić information content (AvgIpc) is 2.85. The average molecular weight is 485 g/mol. The number of Topliss-reactive ketones (excluding diaryl/α,β-unsaturated/α-hetero) is 1. The van der Waals surface area contributed by atoms with Crippen molar-refractivity contribution < 1.29 is 24.0 Å². The van der Waals surface area contributed by atoms with Crippen molar-refractivity contribution in [3.63, 3.8) is 0 Å². The fraction of sp³-hybridized carbons (Fsp3) is 0.0769. The Kier molecular flexibility index (Phi) is 6.42. The summed E-state index contributed by atoms with van der Waals surface area (Å²) in [6, 6.07) is 16.6. The van der Waals surface area contributed by atoms with E-state index in [1.54, 1.807) is 24.3 Å². The second-order valence-electron chi connectivity index (χ2n) is 7.95. The third-order valence-corrected chi connectivity index (χ3v) is 5.39. The molecule has 0 radical (unpaired) electrons. The van der Waals surface area contributed by atoms with Gasteiger partial charge in [0.25, 0.3) is 17.4 Å². The molecule has 0 spiro atoms. The number of benzene rings is 3. The number of nitro benzene ring substituents is 1. The number of fused-ring (bicyclic) bond motifs is 1. The molecule has 3 aromatic carbocycles. The van der Waals surface area contributed by atoms with Gasteiger partial charge < -0.3 is 14.8 Å². The Morgan fingerprint density at radius 1 is 1.03 bits per heavy atom. The number of aliphatic hydroxyl groups is 1. The number of hydrogen-bond acceptors (Lipinski definition) is 8. The third-order valence-electron chi connectivity index (χ3n) is 5.39. The van der Waals surface area contributed by atoms with Crippen LogP contribution in [0.15, 0.2) is 75.9 Å². The highest BCUT2D eigenvalue weighted by atomic mass is 16.6. The zero-order valence-electron chi connectivity index (χ0n) is 19.1. The van der Waals surface area contributed by atoms with Gasteiger partial charge in [0.05, 0.1) is 4.92 Å². The smallest absolute Gasteiger partial charge is 0.363 e. The van der Waals surface area contributed by atoms with Crippen LogP contribution in [-0.4, -0.2) is 26.7 Å². The summed E-state index contributed by atoms with van der Waals surface area (Å²) in [5, 5.41) is 24.6. The number of nitrogens with one attached hydrogen (secondary N) is 1. The van der Waals surface area contributed by atoms with Crippen molar-refractivity contribution in [3.05, 3.63) is 110 Å². The highest BCUT2D eigenvalue weighted by molar-refractivity contribution is 6.57. The number of hydrogen-bond donors (Lipinski definition) is 2. The second-order valence-corrected chi connectivity index (χ2v) is 7.95. The minimum atomic E-state index is -1.29. The number of ketones is 1. The zero-order valence-corrected chi connectivity index (χ0v) is 19.1. The third kappa shape index (κ3) is 4.73. The maximum absolute atomic E-state index is 13.3. The van der Waals surface area contributed by atoms with Crippen LogP contribution >= 0.6 is 0 Å². The van der Waals surface area contributed by atoms with Crippen molar-refractivity contribution >= 4 is 45.5 Å². The van der Waals surface area contributed by atoms with Gasteiger partial charge in [0, 0.05) is 22.9 Å². The molecule has 4 aromatic rings. The first-order valence-electron chi connectivity index (χ1n) is 10.7. The quantitative estimate of drug-likeness (QED) is 0.134. The molecule has 1 aromatic heterocycles. The largest absolute Gasteiger partial charge is 0.506 e. The van der Waals surface area contributed by atoms with E-state index in [1.165, 1.54) is 43.3 Å². The van der Waals surface area contributed by atoms with Crippen molar-refractivity contribution in [3.8, 4) is 0 Å². The summed E-state index contributed by atoms with van der Waals surface area (Å²) >= 11 is 0. The van der Waals surface area contributed by atoms with Gasteiger partial charge in [0.2, 0.25) is 0 Å². The van der Waals surface area contributed by atoms with E-state index in [2.05, 4.69) is 10.3 Å². The van der Waals surface area contributed by atoms with Crippen LogP contribution in [-0.2, 0) is 9.59 Å². The molecule has 10 heteroatoms. The highest BCUT2D eigenvalue weighted by Crippen LogP contribution is 2.26. The number of nitrogens with zero attached hydrogens (tertiary/aromatic N) is 2. The van der Waals surface area contributed by atoms with Gasteiger partial charge in [0.15, 0.2) is 11.3 Å². The number of carbonyl (C=O) groups excluding carboxylic acids is 2. The normalized spacial score (nSPS) is 11.6. The van der Waals surface area contributed by atoms with Gasteiger partial charge in [-0.1, -0.05) is 48.0 Å². The molecular formula is C26H19N3O7. The van der Waals surface area contributed by atoms with Crippen LogP contribution in [0.4, 0.5) is 11.4 Å². The van der Waals surface area contributed by atoms with E-state index in [9.17, 15) is 29.6 Å². The summed E-state index contributed by atoms with van der Waals surface area (Å²) in [7, 11) is 0. The summed E-state index contributed by atoms with van der Waals surface area (Å²) in [4.78, 5) is 53.8. The van der Waals surface area contributed by atoms with E-state index >= 15 is 0 Å². The molecule has 0 aliphatic rings. The number of rotatable bonds is 6. The fourth-order valence-electron chi connectivity index (χ4n) is 3.48. The molecule has 180 valence electrons. The summed E-state index contributed by atoms with van der Waals surface area (Å²) in [6.07, 6.45) is 0. The Hall–Kier alpha value is -5.12. The van der Waals surface area contributed by atoms with Crippen LogP contribution < -0.4 is 10.9 Å². The molecule has 0 unspecified atom stereocenters. The van der Waals surface area contributed by atoms with Gasteiger partial charge >= 0.3 is 5.63 Å². The number of aliphatic hydroxyl groups excluding tert-OH is 1. The fourth-order valence-corrected chi connectivity index (χ4v) is 3.48. The molecule has 0 fully saturated rings. The standard InChI is InChI=1S/C26H19N3O7/c1-14-7-10-16(11-8-14)23(30)21(22-26(33)36-20-6-4-3-5-18(20)28-22)24(31)25(32)27-17-12-9-15(2)19(13-17)29(34)35/h3-13,30H,1-2H3,(H,27,32). The Morgan fingerprint density at radius 3 is 2.42 bits per heavy atom. The number of anilines is 1. The highest BCUT2D eigenvalue weighted by Gasteiger charge is 2.30. The van der Waals surface area contributed by atoms with Crippen molar-refractivity contribution in [2.75, 3.05) is 5.32 Å². The first-order chi connectivity index (χ1) is 17.2. The molecule has 0 saturated heterocycles. The predicted molar refractivity (Wildman–Crippen MR) is 132 cm³/mol. The molecule has 10 nitrogen and oxygen atoms in total. The second kappa shape index (κ2) is 9.63. The molecule has 0 aliphatic heterocycles. The Morgan fingerprint density at radius 2 is 1.72 bits per heavy atom. The lowest BCUT2D eigenvalue weighted by molar-refractivity contribution is -0.385. The lowest BCUT2D eigenvalue weighted by Gasteiger charge is -2.11. The zero-order chi connectivity index (χ0) is 26.0. The monoisotopic (exact) mass is 485 g/mol. The van der Waals surface area contributed by atoms with Gasteiger partial charge in [0.1, 0.15) is 16.8 Å². The topological polar surface area (TPSA) is 153 Å². The van der Waals surface area contributed by atoms with Crippen LogP contribution in [0.2, 0.25) is 0 Å². The molecular weight excluding hydrogens is 466 g/mol. The van der Waals surface area contributed by atoms with Crippen LogP contribution in [0, 0.1) is 24.0 Å². The summed E-state index contributed by atoms with van der Waals surface area (Å²) in [6.45, 7) is 3.35. The van der Waals surface area contributed by atoms with Gasteiger partial charge in [-0.15, -0.1) is 0 Å². The lowest BCUT2D eigenvalue weighted by atomic mass is 10.0. The van der Waals surface area contributed by atoms with E-state index < -0.39 is 39.3 Å². The maximum atomic E-state index is 13.3. The molecule has 0 bridgehead atoms. The number of para-hydroxylation sites is 2. The molecule has 1 heterocycles. The molecule has 0 aliphatic carbocycles.